The first-order valence-corrected chi connectivity index (χ1v) is 3.71. The van der Waals surface area contributed by atoms with E-state index in [-0.39, 0.29) is 11.8 Å². The maximum absolute atomic E-state index is 12.5. The van der Waals surface area contributed by atoms with E-state index in [1.165, 1.54) is 0 Å². The second-order valence-corrected chi connectivity index (χ2v) is 3.34. The van der Waals surface area contributed by atoms with Gasteiger partial charge in [-0.1, -0.05) is 0 Å². The van der Waals surface area contributed by atoms with Gasteiger partial charge in [0.15, 0.2) is 0 Å². The van der Waals surface area contributed by atoms with Gasteiger partial charge in [0, 0.05) is 17.9 Å². The van der Waals surface area contributed by atoms with Gasteiger partial charge in [-0.05, 0) is 19.9 Å². The van der Waals surface area contributed by atoms with E-state index in [0.717, 1.165) is 0 Å². The lowest BCUT2D eigenvalue weighted by Gasteiger charge is -2.11. The Morgan fingerprint density at radius 3 is 2.20 bits per heavy atom. The van der Waals surface area contributed by atoms with Gasteiger partial charge in [0.05, 0.1) is 0 Å². The van der Waals surface area contributed by atoms with Crippen LogP contribution in [0.3, 0.4) is 0 Å². The molecule has 2 fully saturated rings. The van der Waals surface area contributed by atoms with Crippen LogP contribution in [0.4, 0.5) is 8.78 Å². The summed E-state index contributed by atoms with van der Waals surface area (Å²) >= 11 is 0. The first kappa shape index (κ1) is 6.53. The zero-order valence-electron chi connectivity index (χ0n) is 5.90. The average Bonchev–Trinajstić information content (AvgIpc) is 2.37. The van der Waals surface area contributed by atoms with Crippen LogP contribution in [0.1, 0.15) is 12.8 Å². The maximum atomic E-state index is 12.5. The molecule has 1 nitrogen and oxygen atoms in total. The van der Waals surface area contributed by atoms with E-state index >= 15 is 0 Å². The standard InChI is InChI=1S/C7H11F2N/c1-10-4-2-5-6(3-4)7(5,8)9/h4-6,10H,2-3H2,1H3. The summed E-state index contributed by atoms with van der Waals surface area (Å²) in [5.74, 6) is -2.87. The lowest BCUT2D eigenvalue weighted by atomic mass is 10.1. The van der Waals surface area contributed by atoms with Gasteiger partial charge in [-0.2, -0.15) is 0 Å². The number of halogens is 2. The van der Waals surface area contributed by atoms with E-state index in [1.807, 2.05) is 7.05 Å². The van der Waals surface area contributed by atoms with Crippen LogP contribution in [-0.4, -0.2) is 19.0 Å². The number of alkyl halides is 2. The number of rotatable bonds is 1. The van der Waals surface area contributed by atoms with Crippen LogP contribution in [0.15, 0.2) is 0 Å². The fourth-order valence-corrected chi connectivity index (χ4v) is 2.05. The van der Waals surface area contributed by atoms with Gasteiger partial charge in [0.25, 0.3) is 5.92 Å². The molecule has 2 atom stereocenters. The summed E-state index contributed by atoms with van der Waals surface area (Å²) in [4.78, 5) is 0. The van der Waals surface area contributed by atoms with Gasteiger partial charge in [0.2, 0.25) is 0 Å². The smallest absolute Gasteiger partial charge is 0.254 e. The van der Waals surface area contributed by atoms with Crippen molar-refractivity contribution in [1.29, 1.82) is 0 Å². The maximum Gasteiger partial charge on any atom is 0.254 e. The highest BCUT2D eigenvalue weighted by Gasteiger charge is 2.71. The van der Waals surface area contributed by atoms with Crippen molar-refractivity contribution in [3.8, 4) is 0 Å². The average molecular weight is 147 g/mol. The summed E-state index contributed by atoms with van der Waals surface area (Å²) in [5.41, 5.74) is 0. The van der Waals surface area contributed by atoms with Gasteiger partial charge in [-0.25, -0.2) is 8.78 Å². The minimum Gasteiger partial charge on any atom is -0.317 e. The predicted octanol–water partition coefficient (Wildman–Crippen LogP) is 1.25. The third-order valence-electron chi connectivity index (χ3n) is 2.85. The highest BCUT2D eigenvalue weighted by atomic mass is 19.3. The predicted molar refractivity (Wildman–Crippen MR) is 34.0 cm³/mol. The molecule has 2 rings (SSSR count). The van der Waals surface area contributed by atoms with Crippen molar-refractivity contribution in [3.63, 3.8) is 0 Å². The van der Waals surface area contributed by atoms with Crippen LogP contribution in [-0.2, 0) is 0 Å². The van der Waals surface area contributed by atoms with Gasteiger partial charge in [-0.3, -0.25) is 0 Å². The second kappa shape index (κ2) is 1.70. The summed E-state index contributed by atoms with van der Waals surface area (Å²) in [5, 5.41) is 3.03. The zero-order valence-corrected chi connectivity index (χ0v) is 5.90. The van der Waals surface area contributed by atoms with Gasteiger partial charge >= 0.3 is 0 Å². The van der Waals surface area contributed by atoms with E-state index in [4.69, 9.17) is 0 Å². The highest BCUT2D eigenvalue weighted by Crippen LogP contribution is 2.63. The van der Waals surface area contributed by atoms with E-state index < -0.39 is 5.92 Å². The van der Waals surface area contributed by atoms with Crippen LogP contribution in [0, 0.1) is 11.8 Å². The van der Waals surface area contributed by atoms with E-state index in [2.05, 4.69) is 5.32 Å². The topological polar surface area (TPSA) is 12.0 Å². The molecule has 0 heterocycles. The molecule has 2 saturated carbocycles. The van der Waals surface area contributed by atoms with E-state index in [1.54, 1.807) is 0 Å². The summed E-state index contributed by atoms with van der Waals surface area (Å²) in [6, 6.07) is 0.356. The van der Waals surface area contributed by atoms with Crippen molar-refractivity contribution in [3.05, 3.63) is 0 Å². The third-order valence-corrected chi connectivity index (χ3v) is 2.85. The molecule has 10 heavy (non-hydrogen) atoms. The summed E-state index contributed by atoms with van der Waals surface area (Å²) in [6.07, 6.45) is 1.35. The number of fused-ring (bicyclic) bond motifs is 1. The van der Waals surface area contributed by atoms with Crippen LogP contribution in [0.2, 0.25) is 0 Å². The summed E-state index contributed by atoms with van der Waals surface area (Å²) < 4.78 is 25.0. The molecule has 2 aliphatic rings. The molecule has 0 aliphatic heterocycles. The van der Waals surface area contributed by atoms with Crippen molar-refractivity contribution in [2.24, 2.45) is 11.8 Å². The molecule has 3 heteroatoms. The molecule has 2 unspecified atom stereocenters. The van der Waals surface area contributed by atoms with Crippen LogP contribution < -0.4 is 5.32 Å². The molecule has 0 radical (unpaired) electrons. The largest absolute Gasteiger partial charge is 0.317 e. The first-order chi connectivity index (χ1) is 4.66. The molecule has 0 amide bonds. The SMILES string of the molecule is CNC1CC2C(C1)C2(F)F. The molecule has 0 aromatic rings. The van der Waals surface area contributed by atoms with Gasteiger partial charge in [-0.15, -0.1) is 0 Å². The Hall–Kier alpha value is -0.180. The molecule has 1 N–H and O–H groups in total. The molecule has 0 bridgehead atoms. The normalized spacial score (nSPS) is 48.9. The van der Waals surface area contributed by atoms with Crippen LogP contribution in [0.5, 0.6) is 0 Å². The molecule has 58 valence electrons. The Morgan fingerprint density at radius 2 is 1.80 bits per heavy atom. The molecule has 0 saturated heterocycles. The van der Waals surface area contributed by atoms with Gasteiger partial charge in [0.1, 0.15) is 0 Å². The first-order valence-electron chi connectivity index (χ1n) is 3.71. The Balaban J connectivity index is 1.96. The fraction of sp³-hybridized carbons (Fsp3) is 1.00. The fourth-order valence-electron chi connectivity index (χ4n) is 2.05. The van der Waals surface area contributed by atoms with Crippen molar-refractivity contribution in [2.75, 3.05) is 7.05 Å². The lowest BCUT2D eigenvalue weighted by molar-refractivity contribution is 0.0680. The minimum atomic E-state index is -2.30. The van der Waals surface area contributed by atoms with E-state index in [9.17, 15) is 8.78 Å². The lowest BCUT2D eigenvalue weighted by Crippen LogP contribution is -2.25. The molecule has 2 aliphatic carbocycles. The summed E-state index contributed by atoms with van der Waals surface area (Å²) in [6.45, 7) is 0. The minimum absolute atomic E-state index is 0.287. The second-order valence-electron chi connectivity index (χ2n) is 3.34. The van der Waals surface area contributed by atoms with Crippen molar-refractivity contribution < 1.29 is 8.78 Å². The van der Waals surface area contributed by atoms with Crippen molar-refractivity contribution >= 4 is 0 Å². The van der Waals surface area contributed by atoms with Crippen LogP contribution in [0.25, 0.3) is 0 Å². The van der Waals surface area contributed by atoms with Crippen molar-refractivity contribution in [2.45, 2.75) is 24.8 Å². The Bertz CT molecular complexity index is 144. The van der Waals surface area contributed by atoms with Crippen molar-refractivity contribution in [1.82, 2.24) is 5.32 Å². The van der Waals surface area contributed by atoms with E-state index in [0.29, 0.717) is 18.9 Å². The number of hydrogen-bond acceptors (Lipinski definition) is 1. The number of nitrogens with one attached hydrogen (secondary N) is 1. The zero-order chi connectivity index (χ0) is 7.35. The quantitative estimate of drug-likeness (QED) is 0.588. The monoisotopic (exact) mass is 147 g/mol. The molecule has 0 aromatic carbocycles. The number of hydrogen-bond donors (Lipinski definition) is 1. The Kier molecular flexibility index (Phi) is 1.11. The molecular weight excluding hydrogens is 136 g/mol. The van der Waals surface area contributed by atoms with Gasteiger partial charge < -0.3 is 5.32 Å². The molecule has 0 spiro atoms. The molecular formula is C7H11F2N. The summed E-state index contributed by atoms with van der Waals surface area (Å²) in [7, 11) is 1.84. The van der Waals surface area contributed by atoms with Crippen LogP contribution >= 0.6 is 0 Å². The highest BCUT2D eigenvalue weighted by molar-refractivity contribution is 5.12. The Morgan fingerprint density at radius 1 is 1.30 bits per heavy atom. The third kappa shape index (κ3) is 0.641. The molecule has 0 aromatic heterocycles. The Labute approximate surface area is 58.8 Å².